The molecule has 0 saturated heterocycles. The van der Waals surface area contributed by atoms with E-state index in [0.717, 1.165) is 12.1 Å². The van der Waals surface area contributed by atoms with E-state index in [9.17, 15) is 13.2 Å². The van der Waals surface area contributed by atoms with Gasteiger partial charge < -0.3 is 0 Å². The van der Waals surface area contributed by atoms with Gasteiger partial charge >= 0.3 is 6.18 Å². The molecule has 0 spiro atoms. The van der Waals surface area contributed by atoms with Crippen LogP contribution < -0.4 is 0 Å². The van der Waals surface area contributed by atoms with Gasteiger partial charge in [-0.2, -0.15) is 23.5 Å². The molecule has 0 N–H and O–H groups in total. The Labute approximate surface area is 94.7 Å². The minimum Gasteiger partial charge on any atom is -0.240 e. The number of nitriles is 1. The van der Waals surface area contributed by atoms with E-state index in [2.05, 4.69) is 5.10 Å². The summed E-state index contributed by atoms with van der Waals surface area (Å²) in [6, 6.07) is 6.33. The molecule has 0 aliphatic carbocycles. The predicted molar refractivity (Wildman–Crippen MR) is 53.3 cm³/mol. The summed E-state index contributed by atoms with van der Waals surface area (Å²) in [5.74, 6) is 0. The molecule has 0 atom stereocenters. The first kappa shape index (κ1) is 11.2. The Morgan fingerprint density at radius 3 is 2.59 bits per heavy atom. The monoisotopic (exact) mass is 237 g/mol. The lowest BCUT2D eigenvalue weighted by atomic mass is 10.1. The number of aromatic nitrogens is 2. The summed E-state index contributed by atoms with van der Waals surface area (Å²) in [5, 5.41) is 12.7. The lowest BCUT2D eigenvalue weighted by Gasteiger charge is -2.09. The highest BCUT2D eigenvalue weighted by atomic mass is 19.4. The molecule has 17 heavy (non-hydrogen) atoms. The van der Waals surface area contributed by atoms with Gasteiger partial charge in [0.25, 0.3) is 0 Å². The summed E-state index contributed by atoms with van der Waals surface area (Å²) in [4.78, 5) is 0. The minimum absolute atomic E-state index is 0.0662. The average Bonchev–Trinajstić information content (AvgIpc) is 2.80. The molecule has 1 aromatic carbocycles. The van der Waals surface area contributed by atoms with E-state index >= 15 is 0 Å². The quantitative estimate of drug-likeness (QED) is 0.765. The molecule has 0 aliphatic heterocycles. The molecule has 0 saturated carbocycles. The molecule has 2 rings (SSSR count). The van der Waals surface area contributed by atoms with Crippen LogP contribution in [0.3, 0.4) is 0 Å². The Balaban J connectivity index is 2.55. The Morgan fingerprint density at radius 1 is 1.29 bits per heavy atom. The molecule has 0 unspecified atom stereocenters. The largest absolute Gasteiger partial charge is 0.416 e. The predicted octanol–water partition coefficient (Wildman–Crippen LogP) is 2.76. The normalized spacial score (nSPS) is 11.2. The van der Waals surface area contributed by atoms with Gasteiger partial charge in [-0.25, -0.2) is 4.68 Å². The van der Waals surface area contributed by atoms with Gasteiger partial charge in [0.1, 0.15) is 6.07 Å². The van der Waals surface area contributed by atoms with Crippen molar-refractivity contribution in [3.8, 4) is 11.8 Å². The summed E-state index contributed by atoms with van der Waals surface area (Å²) in [6.45, 7) is 0. The van der Waals surface area contributed by atoms with Crippen LogP contribution in [0.5, 0.6) is 0 Å². The van der Waals surface area contributed by atoms with Crippen molar-refractivity contribution in [3.63, 3.8) is 0 Å². The van der Waals surface area contributed by atoms with Crippen LogP contribution in [0.25, 0.3) is 5.69 Å². The van der Waals surface area contributed by atoms with E-state index in [0.29, 0.717) is 5.69 Å². The van der Waals surface area contributed by atoms with Crippen molar-refractivity contribution in [2.45, 2.75) is 6.18 Å². The van der Waals surface area contributed by atoms with Gasteiger partial charge in [0, 0.05) is 12.4 Å². The molecule has 6 heteroatoms. The second kappa shape index (κ2) is 3.94. The fourth-order valence-corrected chi connectivity index (χ4v) is 1.41. The molecule has 0 fully saturated rings. The van der Waals surface area contributed by atoms with Gasteiger partial charge in [0.2, 0.25) is 0 Å². The van der Waals surface area contributed by atoms with Crippen molar-refractivity contribution in [2.24, 2.45) is 0 Å². The maximum Gasteiger partial charge on any atom is 0.416 e. The maximum absolute atomic E-state index is 12.4. The van der Waals surface area contributed by atoms with Crippen LogP contribution in [-0.4, -0.2) is 9.78 Å². The Hall–Kier alpha value is -2.29. The number of benzene rings is 1. The Morgan fingerprint density at radius 2 is 2.06 bits per heavy atom. The van der Waals surface area contributed by atoms with Gasteiger partial charge in [-0.1, -0.05) is 0 Å². The number of halogens is 3. The van der Waals surface area contributed by atoms with Gasteiger partial charge in [0.15, 0.2) is 0 Å². The summed E-state index contributed by atoms with van der Waals surface area (Å²) in [6.07, 6.45) is -1.41. The van der Waals surface area contributed by atoms with E-state index < -0.39 is 11.7 Å². The molecule has 3 nitrogen and oxygen atoms in total. The maximum atomic E-state index is 12.4. The lowest BCUT2D eigenvalue weighted by molar-refractivity contribution is -0.137. The van der Waals surface area contributed by atoms with Crippen LogP contribution in [-0.2, 0) is 6.18 Å². The lowest BCUT2D eigenvalue weighted by Crippen LogP contribution is -2.07. The van der Waals surface area contributed by atoms with Crippen LogP contribution >= 0.6 is 0 Å². The van der Waals surface area contributed by atoms with Crippen molar-refractivity contribution >= 4 is 0 Å². The fraction of sp³-hybridized carbons (Fsp3) is 0.0909. The second-order valence-electron chi connectivity index (χ2n) is 3.29. The third-order valence-corrected chi connectivity index (χ3v) is 2.20. The topological polar surface area (TPSA) is 41.6 Å². The third-order valence-electron chi connectivity index (χ3n) is 2.20. The highest BCUT2D eigenvalue weighted by Crippen LogP contribution is 2.31. The molecule has 0 amide bonds. The number of hydrogen-bond acceptors (Lipinski definition) is 2. The first-order valence-electron chi connectivity index (χ1n) is 4.64. The van der Waals surface area contributed by atoms with Gasteiger partial charge in [-0.15, -0.1) is 0 Å². The van der Waals surface area contributed by atoms with Crippen LogP contribution in [0.1, 0.15) is 11.1 Å². The van der Waals surface area contributed by atoms with E-state index in [1.54, 1.807) is 18.3 Å². The summed E-state index contributed by atoms with van der Waals surface area (Å²) in [5.41, 5.74) is -0.584. The summed E-state index contributed by atoms with van der Waals surface area (Å²) in [7, 11) is 0. The number of alkyl halides is 3. The highest BCUT2D eigenvalue weighted by Gasteiger charge is 2.31. The molecule has 0 aliphatic rings. The average molecular weight is 237 g/mol. The van der Waals surface area contributed by atoms with E-state index in [1.807, 2.05) is 0 Å². The highest BCUT2D eigenvalue weighted by molar-refractivity contribution is 5.50. The molecule has 2 aromatic rings. The number of nitrogens with zero attached hydrogens (tertiary/aromatic N) is 3. The minimum atomic E-state index is -4.45. The standard InChI is InChI=1S/C11H6F3N3/c12-11(13,14)9-2-3-10(8(6-9)7-15)17-5-1-4-16-17/h1-6H. The van der Waals surface area contributed by atoms with Gasteiger partial charge in [0.05, 0.1) is 16.8 Å². The van der Waals surface area contributed by atoms with Crippen LogP contribution in [0.4, 0.5) is 13.2 Å². The zero-order chi connectivity index (χ0) is 12.5. The zero-order valence-corrected chi connectivity index (χ0v) is 8.44. The Kier molecular flexibility index (Phi) is 2.60. The second-order valence-corrected chi connectivity index (χ2v) is 3.29. The van der Waals surface area contributed by atoms with Crippen LogP contribution in [0, 0.1) is 11.3 Å². The number of hydrogen-bond donors (Lipinski definition) is 0. The van der Waals surface area contributed by atoms with Crippen molar-refractivity contribution in [1.82, 2.24) is 9.78 Å². The smallest absolute Gasteiger partial charge is 0.240 e. The molecular weight excluding hydrogens is 231 g/mol. The summed E-state index contributed by atoms with van der Waals surface area (Å²) < 4.78 is 38.7. The summed E-state index contributed by atoms with van der Waals surface area (Å²) >= 11 is 0. The molecule has 1 aromatic heterocycles. The molecule has 0 bridgehead atoms. The van der Waals surface area contributed by atoms with E-state index in [-0.39, 0.29) is 5.56 Å². The molecule has 86 valence electrons. The first-order valence-corrected chi connectivity index (χ1v) is 4.64. The third kappa shape index (κ3) is 2.13. The first-order chi connectivity index (χ1) is 8.02. The van der Waals surface area contributed by atoms with Gasteiger partial charge in [-0.05, 0) is 24.3 Å². The molecule has 1 heterocycles. The van der Waals surface area contributed by atoms with E-state index in [1.165, 1.54) is 16.9 Å². The number of rotatable bonds is 1. The molecular formula is C11H6F3N3. The van der Waals surface area contributed by atoms with Crippen LogP contribution in [0.2, 0.25) is 0 Å². The van der Waals surface area contributed by atoms with Crippen molar-refractivity contribution in [1.29, 1.82) is 5.26 Å². The van der Waals surface area contributed by atoms with Crippen molar-refractivity contribution in [3.05, 3.63) is 47.8 Å². The van der Waals surface area contributed by atoms with Crippen molar-refractivity contribution in [2.75, 3.05) is 0 Å². The van der Waals surface area contributed by atoms with Gasteiger partial charge in [-0.3, -0.25) is 0 Å². The van der Waals surface area contributed by atoms with Crippen LogP contribution in [0.15, 0.2) is 36.7 Å². The SMILES string of the molecule is N#Cc1cc(C(F)(F)F)ccc1-n1cccn1. The molecule has 0 radical (unpaired) electrons. The Bertz CT molecular complexity index is 565. The van der Waals surface area contributed by atoms with Crippen molar-refractivity contribution < 1.29 is 13.2 Å². The zero-order valence-electron chi connectivity index (χ0n) is 8.44. The van der Waals surface area contributed by atoms with E-state index in [4.69, 9.17) is 5.26 Å². The fourth-order valence-electron chi connectivity index (χ4n) is 1.41.